The molecule has 1 aromatic heterocycles. The van der Waals surface area contributed by atoms with Gasteiger partial charge < -0.3 is 19.4 Å². The van der Waals surface area contributed by atoms with Crippen molar-refractivity contribution in [3.8, 4) is 11.5 Å². The largest absolute Gasteiger partial charge is 0.459 e. The van der Waals surface area contributed by atoms with Crippen LogP contribution < -0.4 is 10.1 Å². The highest BCUT2D eigenvalue weighted by atomic mass is 35.5. The Kier molecular flexibility index (Phi) is 6.05. The fourth-order valence-corrected chi connectivity index (χ4v) is 3.58. The smallest absolute Gasteiger partial charge is 0.289 e. The molecule has 2 amide bonds. The number of hydrogen-bond donors (Lipinski definition) is 1. The molecule has 0 saturated carbocycles. The number of rotatable bonds is 5. The number of benzene rings is 2. The molecular formula is C23H21ClN2O4. The Balaban J connectivity index is 1.29. The summed E-state index contributed by atoms with van der Waals surface area (Å²) in [5, 5.41) is 3.48. The molecule has 1 aliphatic rings. The van der Waals surface area contributed by atoms with Crippen molar-refractivity contribution < 1.29 is 18.7 Å². The summed E-state index contributed by atoms with van der Waals surface area (Å²) >= 11 is 6.11. The first-order valence-electron chi connectivity index (χ1n) is 9.76. The Hall–Kier alpha value is -3.25. The van der Waals surface area contributed by atoms with Crippen molar-refractivity contribution in [3.63, 3.8) is 0 Å². The molecule has 30 heavy (non-hydrogen) atoms. The van der Waals surface area contributed by atoms with Crippen LogP contribution >= 0.6 is 11.6 Å². The molecule has 2 aromatic carbocycles. The quantitative estimate of drug-likeness (QED) is 0.609. The van der Waals surface area contributed by atoms with E-state index in [1.807, 2.05) is 12.1 Å². The molecule has 0 radical (unpaired) electrons. The van der Waals surface area contributed by atoms with Gasteiger partial charge in [0.1, 0.15) is 11.5 Å². The van der Waals surface area contributed by atoms with E-state index in [4.69, 9.17) is 20.8 Å². The van der Waals surface area contributed by atoms with Gasteiger partial charge in [-0.15, -0.1) is 0 Å². The van der Waals surface area contributed by atoms with E-state index in [2.05, 4.69) is 5.32 Å². The number of likely N-dealkylation sites (tertiary alicyclic amines) is 1. The maximum absolute atomic E-state index is 12.6. The minimum Gasteiger partial charge on any atom is -0.459 e. The molecular weight excluding hydrogens is 404 g/mol. The van der Waals surface area contributed by atoms with Crippen molar-refractivity contribution in [1.82, 2.24) is 4.90 Å². The van der Waals surface area contributed by atoms with Gasteiger partial charge in [-0.3, -0.25) is 9.59 Å². The molecule has 4 rings (SSSR count). The molecule has 1 fully saturated rings. The Labute approximate surface area is 179 Å². The number of anilines is 1. The van der Waals surface area contributed by atoms with Crippen LogP contribution in [0.25, 0.3) is 0 Å². The molecule has 0 spiro atoms. The first-order valence-corrected chi connectivity index (χ1v) is 10.1. The number of nitrogens with one attached hydrogen (secondary N) is 1. The molecule has 154 valence electrons. The van der Waals surface area contributed by atoms with Gasteiger partial charge in [-0.1, -0.05) is 23.7 Å². The third kappa shape index (κ3) is 4.66. The highest BCUT2D eigenvalue weighted by molar-refractivity contribution is 6.32. The zero-order valence-corrected chi connectivity index (χ0v) is 17.0. The first kappa shape index (κ1) is 20.0. The number of ether oxygens (including phenoxy) is 1. The average molecular weight is 425 g/mol. The van der Waals surface area contributed by atoms with Crippen LogP contribution in [0.2, 0.25) is 5.02 Å². The first-order chi connectivity index (χ1) is 14.6. The Morgan fingerprint density at radius 3 is 2.40 bits per heavy atom. The monoisotopic (exact) mass is 424 g/mol. The van der Waals surface area contributed by atoms with E-state index >= 15 is 0 Å². The van der Waals surface area contributed by atoms with Gasteiger partial charge in [0, 0.05) is 24.7 Å². The summed E-state index contributed by atoms with van der Waals surface area (Å²) in [6, 6.07) is 17.7. The van der Waals surface area contributed by atoms with Crippen LogP contribution in [-0.4, -0.2) is 29.8 Å². The number of amides is 2. The van der Waals surface area contributed by atoms with E-state index in [-0.39, 0.29) is 17.7 Å². The van der Waals surface area contributed by atoms with Gasteiger partial charge in [0.25, 0.3) is 5.91 Å². The highest BCUT2D eigenvalue weighted by Gasteiger charge is 2.28. The maximum Gasteiger partial charge on any atom is 0.289 e. The van der Waals surface area contributed by atoms with Gasteiger partial charge in [0.05, 0.1) is 11.3 Å². The third-order valence-corrected chi connectivity index (χ3v) is 5.38. The molecule has 3 aromatic rings. The summed E-state index contributed by atoms with van der Waals surface area (Å²) in [7, 11) is 0. The van der Waals surface area contributed by atoms with Crippen LogP contribution in [-0.2, 0) is 4.79 Å². The van der Waals surface area contributed by atoms with E-state index in [1.165, 1.54) is 6.26 Å². The van der Waals surface area contributed by atoms with Gasteiger partial charge in [-0.2, -0.15) is 0 Å². The minimum absolute atomic E-state index is 0.0418. The van der Waals surface area contributed by atoms with Crippen LogP contribution in [0.5, 0.6) is 11.5 Å². The van der Waals surface area contributed by atoms with Gasteiger partial charge in [0.15, 0.2) is 5.76 Å². The molecule has 0 atom stereocenters. The second kappa shape index (κ2) is 9.05. The van der Waals surface area contributed by atoms with Crippen LogP contribution in [0.1, 0.15) is 23.4 Å². The third-order valence-electron chi connectivity index (χ3n) is 5.07. The lowest BCUT2D eigenvalue weighted by molar-refractivity contribution is -0.121. The molecule has 2 heterocycles. The summed E-state index contributed by atoms with van der Waals surface area (Å²) in [5.41, 5.74) is 0.695. The number of nitrogens with zero attached hydrogens (tertiary/aromatic N) is 1. The maximum atomic E-state index is 12.6. The fourth-order valence-electron chi connectivity index (χ4n) is 3.41. The second-order valence-corrected chi connectivity index (χ2v) is 7.50. The molecule has 1 saturated heterocycles. The number of para-hydroxylation sites is 1. The van der Waals surface area contributed by atoms with Gasteiger partial charge in [0.2, 0.25) is 5.91 Å². The molecule has 0 bridgehead atoms. The summed E-state index contributed by atoms with van der Waals surface area (Å²) in [4.78, 5) is 26.7. The number of hydrogen-bond acceptors (Lipinski definition) is 4. The van der Waals surface area contributed by atoms with E-state index in [0.717, 1.165) is 0 Å². The van der Waals surface area contributed by atoms with Crippen LogP contribution in [0.4, 0.5) is 5.69 Å². The van der Waals surface area contributed by atoms with Crippen LogP contribution in [0.3, 0.4) is 0 Å². The fraction of sp³-hybridized carbons (Fsp3) is 0.217. The van der Waals surface area contributed by atoms with Crippen LogP contribution in [0, 0.1) is 5.92 Å². The molecule has 0 aliphatic carbocycles. The van der Waals surface area contributed by atoms with Crippen molar-refractivity contribution in [1.29, 1.82) is 0 Å². The normalized spacial score (nSPS) is 14.4. The van der Waals surface area contributed by atoms with Crippen molar-refractivity contribution >= 4 is 29.1 Å². The number of carbonyl (C=O) groups is 2. The molecule has 1 N–H and O–H groups in total. The Bertz CT molecular complexity index is 1010. The van der Waals surface area contributed by atoms with Crippen molar-refractivity contribution in [2.45, 2.75) is 12.8 Å². The van der Waals surface area contributed by atoms with Crippen molar-refractivity contribution in [3.05, 3.63) is 77.7 Å². The highest BCUT2D eigenvalue weighted by Crippen LogP contribution is 2.29. The summed E-state index contributed by atoms with van der Waals surface area (Å²) in [6.07, 6.45) is 2.72. The predicted octanol–water partition coefficient (Wildman–Crippen LogP) is 5.22. The molecule has 7 heteroatoms. The number of furan rings is 1. The Morgan fingerprint density at radius 1 is 1.00 bits per heavy atom. The number of halogens is 1. The van der Waals surface area contributed by atoms with Gasteiger partial charge >= 0.3 is 0 Å². The average Bonchev–Trinajstić information content (AvgIpc) is 3.31. The summed E-state index contributed by atoms with van der Waals surface area (Å²) in [6.45, 7) is 1.06. The lowest BCUT2D eigenvalue weighted by atomic mass is 9.95. The Morgan fingerprint density at radius 2 is 1.73 bits per heavy atom. The SMILES string of the molecule is O=C(Nc1ccc(Oc2ccccc2Cl)cc1)C1CCN(C(=O)c2ccco2)CC1. The zero-order chi connectivity index (χ0) is 20.9. The lowest BCUT2D eigenvalue weighted by Crippen LogP contribution is -2.41. The number of piperidine rings is 1. The second-order valence-electron chi connectivity index (χ2n) is 7.09. The van der Waals surface area contributed by atoms with E-state index in [0.29, 0.717) is 53.9 Å². The predicted molar refractivity (Wildman–Crippen MR) is 114 cm³/mol. The zero-order valence-electron chi connectivity index (χ0n) is 16.2. The topological polar surface area (TPSA) is 71.8 Å². The summed E-state index contributed by atoms with van der Waals surface area (Å²) < 4.78 is 10.9. The van der Waals surface area contributed by atoms with Gasteiger partial charge in [-0.05, 0) is 61.4 Å². The van der Waals surface area contributed by atoms with E-state index < -0.39 is 0 Å². The minimum atomic E-state index is -0.135. The standard InChI is InChI=1S/C23H21ClN2O4/c24-19-4-1-2-5-20(19)30-18-9-7-17(8-10-18)25-22(27)16-11-13-26(14-12-16)23(28)21-6-3-15-29-21/h1-10,15-16H,11-14H2,(H,25,27). The van der Waals surface area contributed by atoms with Crippen molar-refractivity contribution in [2.24, 2.45) is 5.92 Å². The van der Waals surface area contributed by atoms with Gasteiger partial charge in [-0.25, -0.2) is 0 Å². The molecule has 1 aliphatic heterocycles. The van der Waals surface area contributed by atoms with Crippen LogP contribution in [0.15, 0.2) is 71.3 Å². The molecule has 6 nitrogen and oxygen atoms in total. The summed E-state index contributed by atoms with van der Waals surface area (Å²) in [5.74, 6) is 1.23. The van der Waals surface area contributed by atoms with E-state index in [9.17, 15) is 9.59 Å². The lowest BCUT2D eigenvalue weighted by Gasteiger charge is -2.30. The number of carbonyl (C=O) groups excluding carboxylic acids is 2. The van der Waals surface area contributed by atoms with Crippen molar-refractivity contribution in [2.75, 3.05) is 18.4 Å². The molecule has 0 unspecified atom stereocenters. The van der Waals surface area contributed by atoms with E-state index in [1.54, 1.807) is 53.4 Å².